The Kier molecular flexibility index (Phi) is 3.38. The quantitative estimate of drug-likeness (QED) is 0.913. The highest BCUT2D eigenvalue weighted by Crippen LogP contribution is 2.30. The molecule has 0 radical (unpaired) electrons. The van der Waals surface area contributed by atoms with Crippen LogP contribution in [0.25, 0.3) is 0 Å². The molecule has 0 saturated carbocycles. The van der Waals surface area contributed by atoms with Gasteiger partial charge < -0.3 is 10.0 Å². The van der Waals surface area contributed by atoms with Crippen molar-refractivity contribution >= 4 is 27.6 Å². The molecule has 0 aliphatic carbocycles. The third-order valence-electron chi connectivity index (χ3n) is 3.11. The summed E-state index contributed by atoms with van der Waals surface area (Å²) in [6.45, 7) is 0.860. The van der Waals surface area contributed by atoms with Crippen molar-refractivity contribution in [3.8, 4) is 0 Å². The summed E-state index contributed by atoms with van der Waals surface area (Å²) < 4.78 is 14.8. The molecule has 1 aliphatic rings. The monoisotopic (exact) mass is 301 g/mol. The van der Waals surface area contributed by atoms with E-state index in [1.54, 1.807) is 0 Å². The molecule has 1 aromatic rings. The molecule has 0 spiro atoms. The highest BCUT2D eigenvalue weighted by Gasteiger charge is 2.41. The van der Waals surface area contributed by atoms with Gasteiger partial charge in [0.1, 0.15) is 0 Å². The number of hydrogen-bond acceptors (Lipinski definition) is 2. The number of nitrogens with zero attached hydrogens (tertiary/aromatic N) is 1. The zero-order valence-electron chi connectivity index (χ0n) is 9.20. The maximum Gasteiger partial charge on any atom is 0.341 e. The molecule has 0 unspecified atom stereocenters. The first kappa shape index (κ1) is 12.4. The van der Waals surface area contributed by atoms with E-state index in [1.165, 1.54) is 0 Å². The molecular weight excluding hydrogens is 289 g/mol. The molecule has 1 fully saturated rings. The molecular formula is C12H13BrFNO2. The van der Waals surface area contributed by atoms with Gasteiger partial charge in [0.05, 0.1) is 0 Å². The standard InChI is InChI=1S/C12H13BrFNO2/c13-9-2-1-3-10(8-9)15-6-4-12(14,5-7-15)11(16)17/h1-3,8H,4-7H2,(H,16,17). The van der Waals surface area contributed by atoms with Gasteiger partial charge in [0, 0.05) is 36.1 Å². The zero-order valence-corrected chi connectivity index (χ0v) is 10.8. The van der Waals surface area contributed by atoms with E-state index in [0.717, 1.165) is 10.2 Å². The van der Waals surface area contributed by atoms with Crippen molar-refractivity contribution in [2.24, 2.45) is 0 Å². The highest BCUT2D eigenvalue weighted by molar-refractivity contribution is 9.10. The second kappa shape index (κ2) is 4.64. The van der Waals surface area contributed by atoms with E-state index in [-0.39, 0.29) is 12.8 Å². The number of carboxylic acid groups (broad SMARTS) is 1. The summed E-state index contributed by atoms with van der Waals surface area (Å²) in [7, 11) is 0. The number of benzene rings is 1. The fourth-order valence-electron chi connectivity index (χ4n) is 2.01. The summed E-state index contributed by atoms with van der Waals surface area (Å²) in [5.74, 6) is -1.34. The van der Waals surface area contributed by atoms with Crippen LogP contribution < -0.4 is 4.90 Å². The van der Waals surface area contributed by atoms with Gasteiger partial charge in [-0.3, -0.25) is 0 Å². The Hall–Kier alpha value is -1.10. The van der Waals surface area contributed by atoms with Gasteiger partial charge >= 0.3 is 5.97 Å². The molecule has 17 heavy (non-hydrogen) atoms. The molecule has 0 amide bonds. The minimum atomic E-state index is -2.05. The van der Waals surface area contributed by atoms with E-state index in [4.69, 9.17) is 5.11 Å². The Balaban J connectivity index is 2.07. The maximum absolute atomic E-state index is 13.8. The normalized spacial score (nSPS) is 19.1. The van der Waals surface area contributed by atoms with Crippen LogP contribution in [-0.4, -0.2) is 29.8 Å². The topological polar surface area (TPSA) is 40.5 Å². The van der Waals surface area contributed by atoms with Crippen molar-refractivity contribution in [2.45, 2.75) is 18.5 Å². The summed E-state index contributed by atoms with van der Waals surface area (Å²) in [4.78, 5) is 12.8. The molecule has 92 valence electrons. The summed E-state index contributed by atoms with van der Waals surface area (Å²) in [6, 6.07) is 7.72. The Morgan fingerprint density at radius 1 is 1.41 bits per heavy atom. The minimum absolute atomic E-state index is 0.0366. The number of carboxylic acids is 1. The highest BCUT2D eigenvalue weighted by atomic mass is 79.9. The molecule has 2 rings (SSSR count). The molecule has 1 heterocycles. The van der Waals surface area contributed by atoms with Crippen LogP contribution in [0.1, 0.15) is 12.8 Å². The van der Waals surface area contributed by atoms with E-state index in [2.05, 4.69) is 15.9 Å². The minimum Gasteiger partial charge on any atom is -0.479 e. The van der Waals surface area contributed by atoms with E-state index in [1.807, 2.05) is 29.2 Å². The fraction of sp³-hybridized carbons (Fsp3) is 0.417. The third kappa shape index (κ3) is 2.60. The third-order valence-corrected chi connectivity index (χ3v) is 3.61. The number of anilines is 1. The van der Waals surface area contributed by atoms with Crippen molar-refractivity contribution in [2.75, 3.05) is 18.0 Å². The predicted octanol–water partition coefficient (Wildman–Crippen LogP) is 2.84. The first-order valence-electron chi connectivity index (χ1n) is 5.44. The Morgan fingerprint density at radius 3 is 2.59 bits per heavy atom. The van der Waals surface area contributed by atoms with Crippen LogP contribution >= 0.6 is 15.9 Å². The molecule has 0 aromatic heterocycles. The van der Waals surface area contributed by atoms with Crippen LogP contribution in [-0.2, 0) is 4.79 Å². The number of alkyl halides is 1. The molecule has 0 bridgehead atoms. The van der Waals surface area contributed by atoms with Gasteiger partial charge in [0.15, 0.2) is 0 Å². The van der Waals surface area contributed by atoms with Gasteiger partial charge in [-0.05, 0) is 18.2 Å². The van der Waals surface area contributed by atoms with Crippen LogP contribution in [0.4, 0.5) is 10.1 Å². The van der Waals surface area contributed by atoms with Gasteiger partial charge in [-0.2, -0.15) is 0 Å². The second-order valence-electron chi connectivity index (χ2n) is 4.24. The molecule has 5 heteroatoms. The summed E-state index contributed by atoms with van der Waals surface area (Å²) in [6.07, 6.45) is 0.0731. The largest absolute Gasteiger partial charge is 0.479 e. The number of hydrogen-bond donors (Lipinski definition) is 1. The number of piperidine rings is 1. The SMILES string of the molecule is O=C(O)C1(F)CCN(c2cccc(Br)c2)CC1. The summed E-state index contributed by atoms with van der Waals surface area (Å²) in [5, 5.41) is 8.80. The lowest BCUT2D eigenvalue weighted by atomic mass is 9.93. The average molecular weight is 302 g/mol. The summed E-state index contributed by atoms with van der Waals surface area (Å²) in [5.41, 5.74) is -1.06. The number of aliphatic carboxylic acids is 1. The van der Waals surface area contributed by atoms with Crippen LogP contribution in [0, 0.1) is 0 Å². The Morgan fingerprint density at radius 2 is 2.06 bits per heavy atom. The van der Waals surface area contributed by atoms with Gasteiger partial charge in [-0.1, -0.05) is 22.0 Å². The van der Waals surface area contributed by atoms with E-state index in [9.17, 15) is 9.18 Å². The lowest BCUT2D eigenvalue weighted by Gasteiger charge is -2.35. The van der Waals surface area contributed by atoms with E-state index >= 15 is 0 Å². The predicted molar refractivity (Wildman–Crippen MR) is 67.1 cm³/mol. The molecule has 1 aliphatic heterocycles. The van der Waals surface area contributed by atoms with Gasteiger partial charge in [-0.25, -0.2) is 9.18 Å². The first-order valence-corrected chi connectivity index (χ1v) is 6.23. The average Bonchev–Trinajstić information content (AvgIpc) is 2.30. The maximum atomic E-state index is 13.8. The molecule has 0 atom stereocenters. The molecule has 1 aromatic carbocycles. The van der Waals surface area contributed by atoms with Crippen LogP contribution in [0.15, 0.2) is 28.7 Å². The molecule has 3 nitrogen and oxygen atoms in total. The zero-order chi connectivity index (χ0) is 12.5. The molecule has 1 saturated heterocycles. The lowest BCUT2D eigenvalue weighted by molar-refractivity contribution is -0.152. The Bertz CT molecular complexity index is 430. The fourth-order valence-corrected chi connectivity index (χ4v) is 2.39. The second-order valence-corrected chi connectivity index (χ2v) is 5.15. The van der Waals surface area contributed by atoms with Gasteiger partial charge in [-0.15, -0.1) is 0 Å². The van der Waals surface area contributed by atoms with Crippen molar-refractivity contribution in [3.05, 3.63) is 28.7 Å². The smallest absolute Gasteiger partial charge is 0.341 e. The van der Waals surface area contributed by atoms with Crippen molar-refractivity contribution in [3.63, 3.8) is 0 Å². The number of carbonyl (C=O) groups is 1. The number of rotatable bonds is 2. The van der Waals surface area contributed by atoms with E-state index in [0.29, 0.717) is 13.1 Å². The van der Waals surface area contributed by atoms with Crippen LogP contribution in [0.3, 0.4) is 0 Å². The Labute approximate surface area is 107 Å². The van der Waals surface area contributed by atoms with Crippen molar-refractivity contribution in [1.82, 2.24) is 0 Å². The summed E-state index contributed by atoms with van der Waals surface area (Å²) >= 11 is 3.38. The van der Waals surface area contributed by atoms with Crippen LogP contribution in [0.2, 0.25) is 0 Å². The van der Waals surface area contributed by atoms with Gasteiger partial charge in [0.25, 0.3) is 0 Å². The van der Waals surface area contributed by atoms with Crippen molar-refractivity contribution in [1.29, 1.82) is 0 Å². The van der Waals surface area contributed by atoms with Gasteiger partial charge in [0.2, 0.25) is 5.67 Å². The van der Waals surface area contributed by atoms with Crippen molar-refractivity contribution < 1.29 is 14.3 Å². The number of halogens is 2. The van der Waals surface area contributed by atoms with Crippen LogP contribution in [0.5, 0.6) is 0 Å². The molecule has 1 N–H and O–H groups in total. The van der Waals surface area contributed by atoms with E-state index < -0.39 is 11.6 Å². The lowest BCUT2D eigenvalue weighted by Crippen LogP contribution is -2.46. The first-order chi connectivity index (χ1) is 8.01.